The molecule has 0 unspecified atom stereocenters. The van der Waals surface area contributed by atoms with E-state index in [1.165, 1.54) is 15.9 Å². The molecular weight excluding hydrogens is 352 g/mol. The van der Waals surface area contributed by atoms with E-state index in [2.05, 4.69) is 4.98 Å². The Labute approximate surface area is 152 Å². The van der Waals surface area contributed by atoms with Gasteiger partial charge in [-0.1, -0.05) is 24.3 Å². The number of rotatable bonds is 4. The van der Waals surface area contributed by atoms with Gasteiger partial charge in [0.25, 0.3) is 0 Å². The predicted molar refractivity (Wildman–Crippen MR) is 99.3 cm³/mol. The highest BCUT2D eigenvalue weighted by Gasteiger charge is 2.25. The Morgan fingerprint density at radius 3 is 2.69 bits per heavy atom. The van der Waals surface area contributed by atoms with Crippen LogP contribution in [0.4, 0.5) is 0 Å². The second kappa shape index (κ2) is 6.42. The van der Waals surface area contributed by atoms with Crippen molar-refractivity contribution in [1.29, 1.82) is 0 Å². The quantitative estimate of drug-likeness (QED) is 0.508. The molecule has 2 atom stereocenters. The van der Waals surface area contributed by atoms with Gasteiger partial charge in [-0.05, 0) is 38.1 Å². The van der Waals surface area contributed by atoms with E-state index in [9.17, 15) is 9.59 Å². The predicted octanol–water partition coefficient (Wildman–Crippen LogP) is 4.07. The van der Waals surface area contributed by atoms with Crippen molar-refractivity contribution in [2.45, 2.75) is 26.0 Å². The van der Waals surface area contributed by atoms with Gasteiger partial charge in [0.1, 0.15) is 11.0 Å². The minimum Gasteiger partial charge on any atom is -0.454 e. The molecule has 0 bridgehead atoms. The Hall–Kier alpha value is -2.93. The molecule has 0 aliphatic rings. The van der Waals surface area contributed by atoms with Crippen molar-refractivity contribution < 1.29 is 13.9 Å². The van der Waals surface area contributed by atoms with Gasteiger partial charge in [0, 0.05) is 0 Å². The van der Waals surface area contributed by atoms with E-state index < -0.39 is 23.9 Å². The van der Waals surface area contributed by atoms with E-state index in [1.54, 1.807) is 38.1 Å². The summed E-state index contributed by atoms with van der Waals surface area (Å²) in [5, 5.41) is 0.719. The van der Waals surface area contributed by atoms with E-state index >= 15 is 0 Å². The molecule has 2 aromatic carbocycles. The van der Waals surface area contributed by atoms with Crippen molar-refractivity contribution in [2.24, 2.45) is 0 Å². The first-order chi connectivity index (χ1) is 12.5. The number of hydrogen-bond acceptors (Lipinski definition) is 6. The third-order valence-electron chi connectivity index (χ3n) is 4.20. The minimum atomic E-state index is -0.803. The van der Waals surface area contributed by atoms with Gasteiger partial charge in [0.15, 0.2) is 11.7 Å². The topological polar surface area (TPSA) is 74.3 Å². The fraction of sp³-hybridized carbons (Fsp3) is 0.211. The van der Waals surface area contributed by atoms with Crippen LogP contribution in [0.15, 0.2) is 57.7 Å². The van der Waals surface area contributed by atoms with Crippen LogP contribution in [0.3, 0.4) is 0 Å². The number of fused-ring (bicyclic) bond motifs is 2. The Morgan fingerprint density at radius 1 is 1.15 bits per heavy atom. The summed E-state index contributed by atoms with van der Waals surface area (Å²) < 4.78 is 13.1. The molecule has 0 aliphatic heterocycles. The monoisotopic (exact) mass is 368 g/mol. The molecule has 2 heterocycles. The Kier molecular flexibility index (Phi) is 4.08. The number of benzene rings is 2. The van der Waals surface area contributed by atoms with Crippen molar-refractivity contribution in [3.63, 3.8) is 0 Å². The SMILES string of the molecule is C[C@@H](OC(=O)[C@H](C)n1c(=O)oc2ccccc21)c1nc2ccccc2s1. The number of carbonyl (C=O) groups is 1. The zero-order valence-corrected chi connectivity index (χ0v) is 15.0. The third kappa shape index (κ3) is 2.80. The Balaban J connectivity index is 1.58. The highest BCUT2D eigenvalue weighted by molar-refractivity contribution is 7.18. The molecule has 0 fully saturated rings. The first-order valence-electron chi connectivity index (χ1n) is 8.20. The van der Waals surface area contributed by atoms with Crippen molar-refractivity contribution in [3.05, 3.63) is 64.1 Å². The standard InChI is InChI=1S/C19H16N2O4S/c1-11(21-14-8-4-5-9-15(14)25-19(21)23)18(22)24-12(2)17-20-13-7-3-6-10-16(13)26-17/h3-12H,1-2H3/t11-,12+/m0/s1. The first-order valence-corrected chi connectivity index (χ1v) is 9.02. The average Bonchev–Trinajstić information content (AvgIpc) is 3.21. The summed E-state index contributed by atoms with van der Waals surface area (Å²) in [5.74, 6) is -1.09. The normalized spacial score (nSPS) is 13.8. The van der Waals surface area contributed by atoms with Gasteiger partial charge in [-0.3, -0.25) is 4.57 Å². The number of nitrogens with zero attached hydrogens (tertiary/aromatic N) is 2. The minimum absolute atomic E-state index is 0.441. The largest absolute Gasteiger partial charge is 0.454 e. The lowest BCUT2D eigenvalue weighted by Gasteiger charge is -2.15. The van der Waals surface area contributed by atoms with Gasteiger partial charge in [-0.25, -0.2) is 14.6 Å². The summed E-state index contributed by atoms with van der Waals surface area (Å²) in [4.78, 5) is 29.2. The maximum atomic E-state index is 12.6. The zero-order valence-electron chi connectivity index (χ0n) is 14.2. The van der Waals surface area contributed by atoms with Crippen LogP contribution >= 0.6 is 11.3 Å². The highest BCUT2D eigenvalue weighted by Crippen LogP contribution is 2.29. The summed E-state index contributed by atoms with van der Waals surface area (Å²) in [6.45, 7) is 3.40. The lowest BCUT2D eigenvalue weighted by atomic mass is 10.3. The van der Waals surface area contributed by atoms with Crippen LogP contribution in [0.1, 0.15) is 31.0 Å². The van der Waals surface area contributed by atoms with E-state index in [4.69, 9.17) is 9.15 Å². The van der Waals surface area contributed by atoms with Crippen molar-refractivity contribution >= 4 is 38.6 Å². The number of oxazole rings is 1. The van der Waals surface area contributed by atoms with Crippen LogP contribution in [0.5, 0.6) is 0 Å². The molecule has 0 radical (unpaired) electrons. The van der Waals surface area contributed by atoms with Crippen LogP contribution in [-0.4, -0.2) is 15.5 Å². The van der Waals surface area contributed by atoms with E-state index in [0.717, 1.165) is 15.2 Å². The molecule has 0 spiro atoms. The zero-order chi connectivity index (χ0) is 18.3. The van der Waals surface area contributed by atoms with Crippen LogP contribution in [0.2, 0.25) is 0 Å². The average molecular weight is 368 g/mol. The highest BCUT2D eigenvalue weighted by atomic mass is 32.1. The van der Waals surface area contributed by atoms with Crippen LogP contribution < -0.4 is 5.76 Å². The molecule has 0 saturated heterocycles. The lowest BCUT2D eigenvalue weighted by molar-refractivity contribution is -0.152. The molecule has 2 aromatic heterocycles. The maximum Gasteiger partial charge on any atom is 0.420 e. The van der Waals surface area contributed by atoms with E-state index in [1.807, 2.05) is 24.3 Å². The first kappa shape index (κ1) is 16.5. The fourth-order valence-corrected chi connectivity index (χ4v) is 3.79. The summed E-state index contributed by atoms with van der Waals surface area (Å²) in [6.07, 6.45) is -0.504. The molecule has 0 amide bonds. The van der Waals surface area contributed by atoms with E-state index in [0.29, 0.717) is 11.1 Å². The summed E-state index contributed by atoms with van der Waals surface area (Å²) in [6, 6.07) is 13.9. The summed E-state index contributed by atoms with van der Waals surface area (Å²) in [7, 11) is 0. The van der Waals surface area contributed by atoms with Crippen LogP contribution in [0, 0.1) is 0 Å². The molecule has 132 valence electrons. The van der Waals surface area contributed by atoms with Gasteiger partial charge in [-0.15, -0.1) is 11.3 Å². The number of ether oxygens (including phenoxy) is 1. The number of aromatic nitrogens is 2. The van der Waals surface area contributed by atoms with Gasteiger partial charge >= 0.3 is 11.7 Å². The summed E-state index contributed by atoms with van der Waals surface area (Å²) >= 11 is 1.49. The van der Waals surface area contributed by atoms with E-state index in [-0.39, 0.29) is 0 Å². The molecule has 0 saturated carbocycles. The maximum absolute atomic E-state index is 12.6. The summed E-state index contributed by atoms with van der Waals surface area (Å²) in [5.41, 5.74) is 1.88. The molecule has 0 N–H and O–H groups in total. The van der Waals surface area contributed by atoms with Crippen LogP contribution in [-0.2, 0) is 9.53 Å². The van der Waals surface area contributed by atoms with Gasteiger partial charge in [0.2, 0.25) is 0 Å². The van der Waals surface area contributed by atoms with Gasteiger partial charge < -0.3 is 9.15 Å². The van der Waals surface area contributed by atoms with Gasteiger partial charge in [-0.2, -0.15) is 0 Å². The Bertz CT molecular complexity index is 1120. The number of thiazole rings is 1. The third-order valence-corrected chi connectivity index (χ3v) is 5.40. The van der Waals surface area contributed by atoms with Crippen molar-refractivity contribution in [2.75, 3.05) is 0 Å². The molecule has 4 aromatic rings. The van der Waals surface area contributed by atoms with Crippen molar-refractivity contribution in [1.82, 2.24) is 9.55 Å². The number of esters is 1. The number of carbonyl (C=O) groups excluding carboxylic acids is 1. The number of hydrogen-bond donors (Lipinski definition) is 0. The second-order valence-corrected chi connectivity index (χ2v) is 7.04. The smallest absolute Gasteiger partial charge is 0.420 e. The lowest BCUT2D eigenvalue weighted by Crippen LogP contribution is -2.27. The molecule has 6 nitrogen and oxygen atoms in total. The molecule has 26 heavy (non-hydrogen) atoms. The molecule has 4 rings (SSSR count). The second-order valence-electron chi connectivity index (χ2n) is 5.98. The molecule has 7 heteroatoms. The fourth-order valence-electron chi connectivity index (χ4n) is 2.84. The van der Waals surface area contributed by atoms with Crippen molar-refractivity contribution in [3.8, 4) is 0 Å². The van der Waals surface area contributed by atoms with Crippen LogP contribution in [0.25, 0.3) is 21.3 Å². The number of para-hydroxylation sites is 3. The Morgan fingerprint density at radius 2 is 1.88 bits per heavy atom. The molecular formula is C19H16N2O4S. The van der Waals surface area contributed by atoms with Gasteiger partial charge in [0.05, 0.1) is 15.7 Å². The molecule has 0 aliphatic carbocycles.